The van der Waals surface area contributed by atoms with Crippen molar-refractivity contribution < 1.29 is 9.59 Å². The van der Waals surface area contributed by atoms with Crippen LogP contribution < -0.4 is 10.6 Å². The fourth-order valence-corrected chi connectivity index (χ4v) is 2.39. The Hall–Kier alpha value is -1.54. The maximum atomic E-state index is 11.2. The maximum absolute atomic E-state index is 11.2. The number of carbonyl (C=O) groups is 2. The standard InChI is InChI=1S/C9H13N5O2S/c1-2-10-9-13-12-8(17-9)5-14-3-6(15)11-7(16)4-14/h2-5H2,1H3,(H,10,13)(H,11,15,16). The Morgan fingerprint density at radius 3 is 2.71 bits per heavy atom. The molecule has 0 aromatic carbocycles. The van der Waals surface area contributed by atoms with E-state index in [4.69, 9.17) is 0 Å². The van der Waals surface area contributed by atoms with E-state index in [1.807, 2.05) is 6.92 Å². The summed E-state index contributed by atoms with van der Waals surface area (Å²) in [5, 5.41) is 14.8. The second-order valence-electron chi connectivity index (χ2n) is 3.65. The summed E-state index contributed by atoms with van der Waals surface area (Å²) in [6.07, 6.45) is 0. The second-order valence-corrected chi connectivity index (χ2v) is 4.71. The molecule has 1 fully saturated rings. The number of hydrogen-bond donors (Lipinski definition) is 2. The number of amides is 2. The fraction of sp³-hybridized carbons (Fsp3) is 0.556. The molecule has 0 atom stereocenters. The van der Waals surface area contributed by atoms with Crippen molar-refractivity contribution in [3.05, 3.63) is 5.01 Å². The molecule has 17 heavy (non-hydrogen) atoms. The first-order chi connectivity index (χ1) is 8.17. The molecule has 0 spiro atoms. The number of rotatable bonds is 4. The lowest BCUT2D eigenvalue weighted by Crippen LogP contribution is -2.50. The van der Waals surface area contributed by atoms with E-state index in [0.29, 0.717) is 6.54 Å². The molecule has 1 saturated heterocycles. The number of carbonyl (C=O) groups excluding carboxylic acids is 2. The smallest absolute Gasteiger partial charge is 0.240 e. The lowest BCUT2D eigenvalue weighted by Gasteiger charge is -2.23. The molecule has 2 heterocycles. The van der Waals surface area contributed by atoms with E-state index in [2.05, 4.69) is 20.8 Å². The third-order valence-electron chi connectivity index (χ3n) is 2.17. The SMILES string of the molecule is CCNc1nnc(CN2CC(=O)NC(=O)C2)s1. The highest BCUT2D eigenvalue weighted by Gasteiger charge is 2.23. The summed E-state index contributed by atoms with van der Waals surface area (Å²) in [6, 6.07) is 0. The van der Waals surface area contributed by atoms with Crippen LogP contribution in [-0.4, -0.2) is 46.5 Å². The lowest BCUT2D eigenvalue weighted by molar-refractivity contribution is -0.136. The summed E-state index contributed by atoms with van der Waals surface area (Å²) in [7, 11) is 0. The number of hydrogen-bond acceptors (Lipinski definition) is 7. The Kier molecular flexibility index (Phi) is 3.64. The predicted octanol–water partition coefficient (Wildman–Crippen LogP) is -0.572. The average molecular weight is 255 g/mol. The Balaban J connectivity index is 1.95. The van der Waals surface area contributed by atoms with Gasteiger partial charge in [0.05, 0.1) is 19.6 Å². The maximum Gasteiger partial charge on any atom is 0.240 e. The monoisotopic (exact) mass is 255 g/mol. The Morgan fingerprint density at radius 1 is 1.35 bits per heavy atom. The third kappa shape index (κ3) is 3.21. The molecule has 2 amide bonds. The van der Waals surface area contributed by atoms with E-state index in [1.54, 1.807) is 4.90 Å². The van der Waals surface area contributed by atoms with Crippen molar-refractivity contribution in [1.82, 2.24) is 20.4 Å². The van der Waals surface area contributed by atoms with Gasteiger partial charge in [0, 0.05) is 6.54 Å². The van der Waals surface area contributed by atoms with Gasteiger partial charge >= 0.3 is 0 Å². The molecule has 2 rings (SSSR count). The zero-order valence-electron chi connectivity index (χ0n) is 9.39. The molecule has 0 saturated carbocycles. The van der Waals surface area contributed by atoms with Gasteiger partial charge in [-0.1, -0.05) is 11.3 Å². The predicted molar refractivity (Wildman–Crippen MR) is 62.5 cm³/mol. The van der Waals surface area contributed by atoms with Crippen molar-refractivity contribution in [3.63, 3.8) is 0 Å². The van der Waals surface area contributed by atoms with Crippen LogP contribution in [0.1, 0.15) is 11.9 Å². The first-order valence-electron chi connectivity index (χ1n) is 5.28. The van der Waals surface area contributed by atoms with Crippen LogP contribution >= 0.6 is 11.3 Å². The van der Waals surface area contributed by atoms with Gasteiger partial charge in [-0.15, -0.1) is 10.2 Å². The Labute approximate surface area is 102 Å². The summed E-state index contributed by atoms with van der Waals surface area (Å²) in [5.74, 6) is -0.532. The van der Waals surface area contributed by atoms with Gasteiger partial charge in [-0.25, -0.2) is 0 Å². The van der Waals surface area contributed by atoms with Crippen LogP contribution in [0, 0.1) is 0 Å². The fourth-order valence-electron chi connectivity index (χ4n) is 1.54. The van der Waals surface area contributed by atoms with Gasteiger partial charge in [-0.3, -0.25) is 19.8 Å². The highest BCUT2D eigenvalue weighted by molar-refractivity contribution is 7.15. The van der Waals surface area contributed by atoms with Gasteiger partial charge in [-0.2, -0.15) is 0 Å². The van der Waals surface area contributed by atoms with E-state index in [0.717, 1.165) is 16.7 Å². The number of nitrogens with zero attached hydrogens (tertiary/aromatic N) is 3. The molecule has 0 unspecified atom stereocenters. The van der Waals surface area contributed by atoms with E-state index in [1.165, 1.54) is 11.3 Å². The summed E-state index contributed by atoms with van der Waals surface area (Å²) in [6.45, 7) is 3.69. The zero-order chi connectivity index (χ0) is 12.3. The Bertz CT molecular complexity index is 417. The average Bonchev–Trinajstić information content (AvgIpc) is 2.64. The molecule has 92 valence electrons. The number of anilines is 1. The molecule has 1 aromatic heterocycles. The zero-order valence-corrected chi connectivity index (χ0v) is 10.2. The van der Waals surface area contributed by atoms with E-state index >= 15 is 0 Å². The van der Waals surface area contributed by atoms with Crippen molar-refractivity contribution in [2.75, 3.05) is 25.0 Å². The normalized spacial score (nSPS) is 17.0. The van der Waals surface area contributed by atoms with Crippen LogP contribution in [0.15, 0.2) is 0 Å². The minimum absolute atomic E-state index is 0.224. The lowest BCUT2D eigenvalue weighted by atomic mass is 10.3. The van der Waals surface area contributed by atoms with Gasteiger partial charge in [-0.05, 0) is 6.92 Å². The van der Waals surface area contributed by atoms with Gasteiger partial charge in [0.2, 0.25) is 16.9 Å². The quantitative estimate of drug-likeness (QED) is 0.701. The van der Waals surface area contributed by atoms with Crippen LogP contribution in [0.5, 0.6) is 0 Å². The molecular formula is C9H13N5O2S. The van der Waals surface area contributed by atoms with E-state index in [9.17, 15) is 9.59 Å². The molecule has 8 heteroatoms. The van der Waals surface area contributed by atoms with Crippen molar-refractivity contribution in [3.8, 4) is 0 Å². The highest BCUT2D eigenvalue weighted by Crippen LogP contribution is 2.16. The molecule has 1 aliphatic heterocycles. The third-order valence-corrected chi connectivity index (χ3v) is 3.03. The topological polar surface area (TPSA) is 87.2 Å². The number of piperazine rings is 1. The van der Waals surface area contributed by atoms with Crippen LogP contribution in [-0.2, 0) is 16.1 Å². The molecule has 1 aliphatic rings. The summed E-state index contributed by atoms with van der Waals surface area (Å²) in [5.41, 5.74) is 0. The number of imide groups is 1. The van der Waals surface area contributed by atoms with Crippen molar-refractivity contribution in [2.24, 2.45) is 0 Å². The highest BCUT2D eigenvalue weighted by atomic mass is 32.1. The van der Waals surface area contributed by atoms with Crippen molar-refractivity contribution in [2.45, 2.75) is 13.5 Å². The minimum atomic E-state index is -0.266. The summed E-state index contributed by atoms with van der Waals surface area (Å²) < 4.78 is 0. The number of aromatic nitrogens is 2. The Morgan fingerprint density at radius 2 is 2.06 bits per heavy atom. The minimum Gasteiger partial charge on any atom is -0.360 e. The molecule has 0 aliphatic carbocycles. The van der Waals surface area contributed by atoms with E-state index < -0.39 is 0 Å². The summed E-state index contributed by atoms with van der Waals surface area (Å²) >= 11 is 1.44. The van der Waals surface area contributed by atoms with Gasteiger partial charge < -0.3 is 5.32 Å². The van der Waals surface area contributed by atoms with Crippen LogP contribution in [0.4, 0.5) is 5.13 Å². The molecule has 0 bridgehead atoms. The first-order valence-corrected chi connectivity index (χ1v) is 6.10. The molecule has 7 nitrogen and oxygen atoms in total. The van der Waals surface area contributed by atoms with Gasteiger partial charge in [0.1, 0.15) is 5.01 Å². The second kappa shape index (κ2) is 5.19. The molecule has 0 radical (unpaired) electrons. The largest absolute Gasteiger partial charge is 0.360 e. The number of nitrogens with one attached hydrogen (secondary N) is 2. The van der Waals surface area contributed by atoms with Crippen LogP contribution in [0.25, 0.3) is 0 Å². The molecule has 2 N–H and O–H groups in total. The van der Waals surface area contributed by atoms with Gasteiger partial charge in [0.25, 0.3) is 0 Å². The summed E-state index contributed by atoms with van der Waals surface area (Å²) in [4.78, 5) is 24.1. The first kappa shape index (κ1) is 11.9. The van der Waals surface area contributed by atoms with Crippen molar-refractivity contribution in [1.29, 1.82) is 0 Å². The molecular weight excluding hydrogens is 242 g/mol. The van der Waals surface area contributed by atoms with Gasteiger partial charge in [0.15, 0.2) is 0 Å². The van der Waals surface area contributed by atoms with Crippen molar-refractivity contribution >= 4 is 28.3 Å². The van der Waals surface area contributed by atoms with Crippen LogP contribution in [0.2, 0.25) is 0 Å². The molecule has 1 aromatic rings. The van der Waals surface area contributed by atoms with Crippen LogP contribution in [0.3, 0.4) is 0 Å². The van der Waals surface area contributed by atoms with E-state index in [-0.39, 0.29) is 24.9 Å².